The van der Waals surface area contributed by atoms with Gasteiger partial charge in [0.15, 0.2) is 0 Å². The fourth-order valence-corrected chi connectivity index (χ4v) is 3.61. The summed E-state index contributed by atoms with van der Waals surface area (Å²) in [5.41, 5.74) is 0. The fraction of sp³-hybridized carbons (Fsp3) is 0.889. The van der Waals surface area contributed by atoms with E-state index in [1.807, 2.05) is 4.72 Å². The maximum Gasteiger partial charge on any atom is 0.421 e. The van der Waals surface area contributed by atoms with Crippen LogP contribution in [0.2, 0.25) is 0 Å². The van der Waals surface area contributed by atoms with Crippen molar-refractivity contribution < 1.29 is 17.9 Å². The van der Waals surface area contributed by atoms with Crippen molar-refractivity contribution in [2.45, 2.75) is 31.7 Å². The molecule has 0 radical (unpaired) electrons. The van der Waals surface area contributed by atoms with Crippen molar-refractivity contribution in [3.8, 4) is 0 Å². The van der Waals surface area contributed by atoms with Crippen LogP contribution in [0.15, 0.2) is 0 Å². The summed E-state index contributed by atoms with van der Waals surface area (Å²) in [6.45, 7) is 0.193. The maximum atomic E-state index is 11.9. The lowest BCUT2D eigenvalue weighted by Crippen LogP contribution is -2.48. The standard InChI is InChI=1S/C9H17ClN2O4S/c1-16-9(13)11-17(14,15)12(7-6-10)8-4-2-3-5-8/h8H,2-7H2,1H3,(H,11,13). The topological polar surface area (TPSA) is 75.7 Å². The minimum absolute atomic E-state index is 0.0732. The highest BCUT2D eigenvalue weighted by Crippen LogP contribution is 2.25. The van der Waals surface area contributed by atoms with Crippen molar-refractivity contribution in [3.63, 3.8) is 0 Å². The van der Waals surface area contributed by atoms with Crippen molar-refractivity contribution in [2.24, 2.45) is 0 Å². The molecule has 0 unspecified atom stereocenters. The van der Waals surface area contributed by atoms with Gasteiger partial charge in [0.25, 0.3) is 0 Å². The minimum Gasteiger partial charge on any atom is -0.452 e. The van der Waals surface area contributed by atoms with Gasteiger partial charge in [0.2, 0.25) is 0 Å². The molecule has 100 valence electrons. The molecule has 1 saturated carbocycles. The molecule has 1 aliphatic rings. The summed E-state index contributed by atoms with van der Waals surface area (Å²) in [5.74, 6) is 0.193. The molecule has 0 bridgehead atoms. The zero-order valence-electron chi connectivity index (χ0n) is 9.69. The van der Waals surface area contributed by atoms with Gasteiger partial charge < -0.3 is 4.74 Å². The maximum absolute atomic E-state index is 11.9. The monoisotopic (exact) mass is 284 g/mol. The van der Waals surface area contributed by atoms with E-state index in [9.17, 15) is 13.2 Å². The van der Waals surface area contributed by atoms with Gasteiger partial charge in [-0.05, 0) is 12.8 Å². The molecule has 0 heterocycles. The Bertz CT molecular complexity index is 354. The molecule has 1 aliphatic carbocycles. The fourth-order valence-electron chi connectivity index (χ4n) is 1.98. The van der Waals surface area contributed by atoms with Gasteiger partial charge in [-0.25, -0.2) is 9.52 Å². The van der Waals surface area contributed by atoms with Crippen LogP contribution in [0, 0.1) is 0 Å². The highest BCUT2D eigenvalue weighted by molar-refractivity contribution is 7.87. The first-order valence-electron chi connectivity index (χ1n) is 5.44. The normalized spacial score (nSPS) is 17.4. The van der Waals surface area contributed by atoms with Gasteiger partial charge in [-0.3, -0.25) is 0 Å². The summed E-state index contributed by atoms with van der Waals surface area (Å²) >= 11 is 5.60. The number of methoxy groups -OCH3 is 1. The van der Waals surface area contributed by atoms with Gasteiger partial charge in [0.05, 0.1) is 7.11 Å². The summed E-state index contributed by atoms with van der Waals surface area (Å²) in [6.07, 6.45) is 2.62. The zero-order valence-corrected chi connectivity index (χ0v) is 11.3. The molecular weight excluding hydrogens is 268 g/mol. The molecule has 0 aromatic rings. The summed E-state index contributed by atoms with van der Waals surface area (Å²) in [6, 6.07) is -0.0732. The van der Waals surface area contributed by atoms with E-state index >= 15 is 0 Å². The van der Waals surface area contributed by atoms with Gasteiger partial charge in [0, 0.05) is 18.5 Å². The molecule has 0 aromatic heterocycles. The third-order valence-electron chi connectivity index (χ3n) is 2.74. The summed E-state index contributed by atoms with van der Waals surface area (Å²) in [7, 11) is -2.74. The molecule has 1 amide bonds. The van der Waals surface area contributed by atoms with Crippen LogP contribution >= 0.6 is 11.6 Å². The Hall–Kier alpha value is -0.530. The van der Waals surface area contributed by atoms with Crippen LogP contribution in [0.1, 0.15) is 25.7 Å². The highest BCUT2D eigenvalue weighted by Gasteiger charge is 2.32. The summed E-state index contributed by atoms with van der Waals surface area (Å²) in [5, 5.41) is 0. The Labute approximate surface area is 106 Å². The van der Waals surface area contributed by atoms with Crippen molar-refractivity contribution in [3.05, 3.63) is 0 Å². The Morgan fingerprint density at radius 2 is 2.06 bits per heavy atom. The molecule has 0 saturated heterocycles. The Morgan fingerprint density at radius 1 is 1.47 bits per heavy atom. The van der Waals surface area contributed by atoms with E-state index in [4.69, 9.17) is 11.6 Å². The molecule has 1 rings (SSSR count). The van der Waals surface area contributed by atoms with Crippen LogP contribution in [-0.4, -0.2) is 44.4 Å². The molecular formula is C9H17ClN2O4S. The van der Waals surface area contributed by atoms with Crippen molar-refractivity contribution in [2.75, 3.05) is 19.5 Å². The second kappa shape index (κ2) is 6.42. The third-order valence-corrected chi connectivity index (χ3v) is 4.44. The van der Waals surface area contributed by atoms with E-state index in [2.05, 4.69) is 4.74 Å². The molecule has 8 heteroatoms. The molecule has 0 aromatic carbocycles. The number of amides is 1. The second-order valence-electron chi connectivity index (χ2n) is 3.84. The molecule has 6 nitrogen and oxygen atoms in total. The Kier molecular flexibility index (Phi) is 5.48. The Morgan fingerprint density at radius 3 is 2.53 bits per heavy atom. The average molecular weight is 285 g/mol. The van der Waals surface area contributed by atoms with E-state index in [0.29, 0.717) is 0 Å². The van der Waals surface area contributed by atoms with Crippen LogP contribution in [0.3, 0.4) is 0 Å². The van der Waals surface area contributed by atoms with E-state index in [1.165, 1.54) is 4.31 Å². The van der Waals surface area contributed by atoms with E-state index in [-0.39, 0.29) is 18.5 Å². The smallest absolute Gasteiger partial charge is 0.421 e. The predicted octanol–water partition coefficient (Wildman–Crippen LogP) is 1.07. The number of nitrogens with zero attached hydrogens (tertiary/aromatic N) is 1. The molecule has 1 fully saturated rings. The highest BCUT2D eigenvalue weighted by atomic mass is 35.5. The van der Waals surface area contributed by atoms with Crippen molar-refractivity contribution in [1.82, 2.24) is 9.03 Å². The van der Waals surface area contributed by atoms with Gasteiger partial charge in [-0.15, -0.1) is 11.6 Å². The number of carbonyl (C=O) groups excluding carboxylic acids is 1. The molecule has 1 N–H and O–H groups in total. The number of hydrogen-bond acceptors (Lipinski definition) is 4. The first-order chi connectivity index (χ1) is 8.01. The second-order valence-corrected chi connectivity index (χ2v) is 5.84. The molecule has 0 aliphatic heterocycles. The number of ether oxygens (including phenoxy) is 1. The van der Waals surface area contributed by atoms with Crippen LogP contribution < -0.4 is 4.72 Å². The third kappa shape index (κ3) is 4.01. The lowest BCUT2D eigenvalue weighted by Gasteiger charge is -2.26. The number of halogens is 1. The summed E-state index contributed by atoms with van der Waals surface area (Å²) in [4.78, 5) is 11.0. The van der Waals surface area contributed by atoms with Crippen molar-refractivity contribution in [1.29, 1.82) is 0 Å². The van der Waals surface area contributed by atoms with Crippen molar-refractivity contribution >= 4 is 27.9 Å². The number of alkyl halides is 1. The molecule has 0 spiro atoms. The average Bonchev–Trinajstić information content (AvgIpc) is 2.77. The molecule has 17 heavy (non-hydrogen) atoms. The lowest BCUT2D eigenvalue weighted by molar-refractivity contribution is 0.176. The molecule has 0 atom stereocenters. The van der Waals surface area contributed by atoms with Crippen LogP contribution in [0.4, 0.5) is 4.79 Å². The van der Waals surface area contributed by atoms with Gasteiger partial charge >= 0.3 is 16.3 Å². The van der Waals surface area contributed by atoms with Crippen LogP contribution in [0.25, 0.3) is 0 Å². The summed E-state index contributed by atoms with van der Waals surface area (Å²) < 4.78 is 31.3. The number of nitrogens with one attached hydrogen (secondary N) is 1. The van der Waals surface area contributed by atoms with Crippen LogP contribution in [0.5, 0.6) is 0 Å². The first-order valence-corrected chi connectivity index (χ1v) is 7.42. The van der Waals surface area contributed by atoms with Gasteiger partial charge in [-0.2, -0.15) is 12.7 Å². The number of carbonyl (C=O) groups is 1. The van der Waals surface area contributed by atoms with E-state index in [0.717, 1.165) is 32.8 Å². The lowest BCUT2D eigenvalue weighted by atomic mass is 10.2. The largest absolute Gasteiger partial charge is 0.452 e. The number of rotatable bonds is 5. The SMILES string of the molecule is COC(=O)NS(=O)(=O)N(CCCl)C1CCCC1. The van der Waals surface area contributed by atoms with Gasteiger partial charge in [-0.1, -0.05) is 12.8 Å². The quantitative estimate of drug-likeness (QED) is 0.766. The zero-order chi connectivity index (χ0) is 12.9. The number of hydrogen-bond donors (Lipinski definition) is 1. The van der Waals surface area contributed by atoms with Crippen LogP contribution in [-0.2, 0) is 14.9 Å². The van der Waals surface area contributed by atoms with E-state index in [1.54, 1.807) is 0 Å². The Balaban J connectivity index is 2.77. The van der Waals surface area contributed by atoms with E-state index < -0.39 is 16.3 Å². The first kappa shape index (κ1) is 14.5. The minimum atomic E-state index is -3.85. The van der Waals surface area contributed by atoms with Gasteiger partial charge in [0.1, 0.15) is 0 Å². The predicted molar refractivity (Wildman–Crippen MR) is 64.1 cm³/mol.